The van der Waals surface area contributed by atoms with Gasteiger partial charge < -0.3 is 10.2 Å². The van der Waals surface area contributed by atoms with Crippen LogP contribution < -0.4 is 5.32 Å². The SMILES string of the molecule is CSc1ccccc1C(=O)NC1CC(=O)N(C2CC2)C1. The van der Waals surface area contributed by atoms with Crippen LogP contribution in [0.2, 0.25) is 0 Å². The minimum absolute atomic E-state index is 0.0505. The first kappa shape index (κ1) is 13.5. The van der Waals surface area contributed by atoms with Gasteiger partial charge in [0, 0.05) is 23.9 Å². The van der Waals surface area contributed by atoms with E-state index in [0.717, 1.165) is 17.7 Å². The maximum absolute atomic E-state index is 12.3. The van der Waals surface area contributed by atoms with Crippen molar-refractivity contribution in [2.45, 2.75) is 36.2 Å². The number of thioether (sulfide) groups is 1. The summed E-state index contributed by atoms with van der Waals surface area (Å²) in [7, 11) is 0. The molecule has 2 aliphatic rings. The van der Waals surface area contributed by atoms with Crippen LogP contribution in [0.1, 0.15) is 29.6 Å². The molecule has 5 heteroatoms. The third-order valence-electron chi connectivity index (χ3n) is 3.83. The highest BCUT2D eigenvalue weighted by Gasteiger charge is 2.39. The maximum atomic E-state index is 12.3. The average molecular weight is 290 g/mol. The number of carbonyl (C=O) groups is 2. The summed E-state index contributed by atoms with van der Waals surface area (Å²) in [6.45, 7) is 0.663. The minimum Gasteiger partial charge on any atom is -0.347 e. The topological polar surface area (TPSA) is 49.4 Å². The lowest BCUT2D eigenvalue weighted by Gasteiger charge is -2.16. The number of amides is 2. The number of benzene rings is 1. The molecule has 2 amide bonds. The molecule has 1 saturated carbocycles. The molecular weight excluding hydrogens is 272 g/mol. The summed E-state index contributed by atoms with van der Waals surface area (Å²) in [6, 6.07) is 7.95. The molecule has 1 N–H and O–H groups in total. The molecule has 1 unspecified atom stereocenters. The lowest BCUT2D eigenvalue weighted by atomic mass is 10.2. The minimum atomic E-state index is -0.0783. The zero-order chi connectivity index (χ0) is 14.1. The number of rotatable bonds is 4. The zero-order valence-electron chi connectivity index (χ0n) is 11.5. The quantitative estimate of drug-likeness (QED) is 0.862. The van der Waals surface area contributed by atoms with Crippen LogP contribution in [0.25, 0.3) is 0 Å². The molecule has 1 saturated heterocycles. The fraction of sp³-hybridized carbons (Fsp3) is 0.467. The lowest BCUT2D eigenvalue weighted by Crippen LogP contribution is -2.37. The molecule has 106 valence electrons. The van der Waals surface area contributed by atoms with Crippen molar-refractivity contribution in [3.63, 3.8) is 0 Å². The van der Waals surface area contributed by atoms with Gasteiger partial charge in [-0.05, 0) is 31.2 Å². The predicted octanol–water partition coefficient (Wildman–Crippen LogP) is 1.90. The Morgan fingerprint density at radius 2 is 2.10 bits per heavy atom. The van der Waals surface area contributed by atoms with Gasteiger partial charge in [0.15, 0.2) is 0 Å². The van der Waals surface area contributed by atoms with E-state index in [0.29, 0.717) is 24.6 Å². The van der Waals surface area contributed by atoms with E-state index in [9.17, 15) is 9.59 Å². The first-order chi connectivity index (χ1) is 9.69. The van der Waals surface area contributed by atoms with Crippen LogP contribution in [0.3, 0.4) is 0 Å². The Morgan fingerprint density at radius 1 is 1.35 bits per heavy atom. The second-order valence-electron chi connectivity index (χ2n) is 5.35. The van der Waals surface area contributed by atoms with E-state index in [1.807, 2.05) is 35.4 Å². The van der Waals surface area contributed by atoms with Crippen LogP contribution in [0.5, 0.6) is 0 Å². The normalized spacial score (nSPS) is 22.1. The molecule has 3 rings (SSSR count). The molecule has 2 fully saturated rings. The molecule has 1 aromatic rings. The third-order valence-corrected chi connectivity index (χ3v) is 4.63. The zero-order valence-corrected chi connectivity index (χ0v) is 12.3. The molecular formula is C15H18N2O2S. The van der Waals surface area contributed by atoms with E-state index >= 15 is 0 Å². The summed E-state index contributed by atoms with van der Waals surface area (Å²) in [4.78, 5) is 27.1. The Balaban J connectivity index is 1.66. The Bertz CT molecular complexity index is 542. The smallest absolute Gasteiger partial charge is 0.252 e. The number of hydrogen-bond donors (Lipinski definition) is 1. The summed E-state index contributed by atoms with van der Waals surface area (Å²) >= 11 is 1.56. The van der Waals surface area contributed by atoms with E-state index in [1.54, 1.807) is 11.8 Å². The maximum Gasteiger partial charge on any atom is 0.252 e. The van der Waals surface area contributed by atoms with E-state index in [-0.39, 0.29) is 17.9 Å². The Morgan fingerprint density at radius 3 is 2.80 bits per heavy atom. The van der Waals surface area contributed by atoms with Gasteiger partial charge in [-0.25, -0.2) is 0 Å². The van der Waals surface area contributed by atoms with Gasteiger partial charge in [0.1, 0.15) is 0 Å². The molecule has 0 aromatic heterocycles. The fourth-order valence-corrected chi connectivity index (χ4v) is 3.26. The number of nitrogens with one attached hydrogen (secondary N) is 1. The third kappa shape index (κ3) is 2.68. The largest absolute Gasteiger partial charge is 0.347 e. The standard InChI is InChI=1S/C15H18N2O2S/c1-20-13-5-3-2-4-12(13)15(19)16-10-8-14(18)17(9-10)11-6-7-11/h2-5,10-11H,6-9H2,1H3,(H,16,19). The van der Waals surface area contributed by atoms with E-state index in [2.05, 4.69) is 5.32 Å². The van der Waals surface area contributed by atoms with Crippen molar-refractivity contribution in [3.05, 3.63) is 29.8 Å². The van der Waals surface area contributed by atoms with Crippen LogP contribution in [0.4, 0.5) is 0 Å². The van der Waals surface area contributed by atoms with E-state index in [1.165, 1.54) is 0 Å². The second-order valence-corrected chi connectivity index (χ2v) is 6.20. The summed E-state index contributed by atoms with van der Waals surface area (Å²) in [5, 5.41) is 3.00. The molecule has 1 heterocycles. The van der Waals surface area contributed by atoms with Crippen molar-refractivity contribution in [1.82, 2.24) is 10.2 Å². The van der Waals surface area contributed by atoms with Gasteiger partial charge in [0.2, 0.25) is 5.91 Å². The molecule has 1 aromatic carbocycles. The van der Waals surface area contributed by atoms with Gasteiger partial charge in [-0.3, -0.25) is 9.59 Å². The first-order valence-electron chi connectivity index (χ1n) is 6.92. The molecule has 1 atom stereocenters. The fourth-order valence-electron chi connectivity index (χ4n) is 2.66. The molecule has 1 aliphatic heterocycles. The molecule has 0 radical (unpaired) electrons. The van der Waals surface area contributed by atoms with Crippen LogP contribution in [-0.2, 0) is 4.79 Å². The Hall–Kier alpha value is -1.49. The molecule has 4 nitrogen and oxygen atoms in total. The van der Waals surface area contributed by atoms with Crippen molar-refractivity contribution < 1.29 is 9.59 Å². The van der Waals surface area contributed by atoms with E-state index < -0.39 is 0 Å². The van der Waals surface area contributed by atoms with Crippen molar-refractivity contribution in [2.24, 2.45) is 0 Å². The molecule has 1 aliphatic carbocycles. The van der Waals surface area contributed by atoms with Crippen molar-refractivity contribution >= 4 is 23.6 Å². The van der Waals surface area contributed by atoms with Crippen molar-refractivity contribution in [2.75, 3.05) is 12.8 Å². The molecule has 0 spiro atoms. The Labute approximate surface area is 122 Å². The summed E-state index contributed by atoms with van der Waals surface area (Å²) in [5.74, 6) is 0.0985. The van der Waals surface area contributed by atoms with Crippen molar-refractivity contribution in [1.29, 1.82) is 0 Å². The van der Waals surface area contributed by atoms with Gasteiger partial charge in [-0.1, -0.05) is 12.1 Å². The summed E-state index contributed by atoms with van der Waals surface area (Å²) in [5.41, 5.74) is 0.692. The highest BCUT2D eigenvalue weighted by molar-refractivity contribution is 7.98. The predicted molar refractivity (Wildman–Crippen MR) is 78.8 cm³/mol. The van der Waals surface area contributed by atoms with Gasteiger partial charge in [-0.15, -0.1) is 11.8 Å². The monoisotopic (exact) mass is 290 g/mol. The van der Waals surface area contributed by atoms with Gasteiger partial charge >= 0.3 is 0 Å². The summed E-state index contributed by atoms with van der Waals surface area (Å²) < 4.78 is 0. The summed E-state index contributed by atoms with van der Waals surface area (Å²) in [6.07, 6.45) is 4.62. The number of nitrogens with zero attached hydrogens (tertiary/aromatic N) is 1. The van der Waals surface area contributed by atoms with Gasteiger partial charge in [0.25, 0.3) is 5.91 Å². The first-order valence-corrected chi connectivity index (χ1v) is 8.15. The van der Waals surface area contributed by atoms with Crippen LogP contribution in [-0.4, -0.2) is 41.6 Å². The molecule has 20 heavy (non-hydrogen) atoms. The average Bonchev–Trinajstić information content (AvgIpc) is 3.23. The lowest BCUT2D eigenvalue weighted by molar-refractivity contribution is -0.128. The highest BCUT2D eigenvalue weighted by Crippen LogP contribution is 2.30. The molecule has 0 bridgehead atoms. The van der Waals surface area contributed by atoms with Crippen LogP contribution in [0.15, 0.2) is 29.2 Å². The highest BCUT2D eigenvalue weighted by atomic mass is 32.2. The number of hydrogen-bond acceptors (Lipinski definition) is 3. The number of carbonyl (C=O) groups excluding carboxylic acids is 2. The van der Waals surface area contributed by atoms with E-state index in [4.69, 9.17) is 0 Å². The van der Waals surface area contributed by atoms with Gasteiger partial charge in [0.05, 0.1) is 11.6 Å². The van der Waals surface area contributed by atoms with Crippen molar-refractivity contribution in [3.8, 4) is 0 Å². The van der Waals surface area contributed by atoms with Gasteiger partial charge in [-0.2, -0.15) is 0 Å². The number of likely N-dealkylation sites (tertiary alicyclic amines) is 1. The second kappa shape index (κ2) is 5.48. The van der Waals surface area contributed by atoms with Crippen LogP contribution >= 0.6 is 11.8 Å². The Kier molecular flexibility index (Phi) is 3.70. The van der Waals surface area contributed by atoms with Crippen LogP contribution in [0, 0.1) is 0 Å².